The van der Waals surface area contributed by atoms with Crippen LogP contribution in [0.25, 0.3) is 0 Å². The van der Waals surface area contributed by atoms with Crippen molar-refractivity contribution >= 4 is 30.7 Å². The van der Waals surface area contributed by atoms with E-state index in [2.05, 4.69) is 22.6 Å². The minimum absolute atomic E-state index is 0. The highest BCUT2D eigenvalue weighted by molar-refractivity contribution is 5.95. The van der Waals surface area contributed by atoms with Crippen LogP contribution in [-0.4, -0.2) is 54.6 Å². The van der Waals surface area contributed by atoms with Crippen LogP contribution in [0.5, 0.6) is 0 Å². The van der Waals surface area contributed by atoms with E-state index in [0.717, 1.165) is 44.5 Å². The van der Waals surface area contributed by atoms with Crippen molar-refractivity contribution in [3.8, 4) is 0 Å². The average Bonchev–Trinajstić information content (AvgIpc) is 3.01. The predicted molar refractivity (Wildman–Crippen MR) is 114 cm³/mol. The van der Waals surface area contributed by atoms with Gasteiger partial charge in [0.2, 0.25) is 0 Å². The molecule has 2 aliphatic heterocycles. The van der Waals surface area contributed by atoms with Crippen LogP contribution < -0.4 is 16.2 Å². The quantitative estimate of drug-likeness (QED) is 0.768. The standard InChI is InChI=1S/C19H30N4O2.2ClH/c1-14-8-13-23(16-5-9-20-10-6-16)19(25)17(14)18(24)21-11-7-15-4-3-12-22(15)2;;/h8,13,15-16,20H,3-7,9-12H2,1-2H3,(H,21,24);2*1H. The maximum Gasteiger partial charge on any atom is 0.263 e. The lowest BCUT2D eigenvalue weighted by Crippen LogP contribution is -2.39. The molecule has 0 saturated carbocycles. The Bertz CT molecular complexity index is 674. The van der Waals surface area contributed by atoms with Gasteiger partial charge in [0.25, 0.3) is 11.5 Å². The number of piperidine rings is 1. The third-order valence-corrected chi connectivity index (χ3v) is 5.69. The van der Waals surface area contributed by atoms with Crippen molar-refractivity contribution in [2.75, 3.05) is 33.2 Å². The molecule has 6 nitrogen and oxygen atoms in total. The number of likely N-dealkylation sites (tertiary alicyclic amines) is 1. The number of hydrogen-bond acceptors (Lipinski definition) is 4. The van der Waals surface area contributed by atoms with Gasteiger partial charge in [0.05, 0.1) is 0 Å². The van der Waals surface area contributed by atoms with Gasteiger partial charge in [-0.1, -0.05) is 0 Å². The number of aryl methyl sites for hydroxylation is 1. The molecule has 0 bridgehead atoms. The molecule has 3 heterocycles. The monoisotopic (exact) mass is 418 g/mol. The number of halogens is 2. The van der Waals surface area contributed by atoms with Crippen LogP contribution in [0.2, 0.25) is 0 Å². The molecule has 1 aromatic rings. The van der Waals surface area contributed by atoms with Crippen molar-refractivity contribution in [1.82, 2.24) is 20.1 Å². The molecular weight excluding hydrogens is 387 g/mol. The Labute approximate surface area is 173 Å². The Morgan fingerprint density at radius 3 is 2.59 bits per heavy atom. The largest absolute Gasteiger partial charge is 0.352 e. The van der Waals surface area contributed by atoms with E-state index in [4.69, 9.17) is 0 Å². The number of carbonyl (C=O) groups is 1. The van der Waals surface area contributed by atoms with E-state index in [1.165, 1.54) is 12.8 Å². The van der Waals surface area contributed by atoms with Gasteiger partial charge >= 0.3 is 0 Å². The van der Waals surface area contributed by atoms with Gasteiger partial charge in [-0.2, -0.15) is 0 Å². The molecule has 1 aromatic heterocycles. The van der Waals surface area contributed by atoms with Crippen LogP contribution in [0, 0.1) is 6.92 Å². The van der Waals surface area contributed by atoms with Gasteiger partial charge in [0.1, 0.15) is 5.56 Å². The molecule has 2 fully saturated rings. The summed E-state index contributed by atoms with van der Waals surface area (Å²) < 4.78 is 1.76. The third-order valence-electron chi connectivity index (χ3n) is 5.69. The van der Waals surface area contributed by atoms with Gasteiger partial charge in [-0.05, 0) is 77.3 Å². The summed E-state index contributed by atoms with van der Waals surface area (Å²) >= 11 is 0. The lowest BCUT2D eigenvalue weighted by molar-refractivity contribution is 0.0947. The molecule has 0 aromatic carbocycles. The van der Waals surface area contributed by atoms with Gasteiger partial charge in [-0.3, -0.25) is 9.59 Å². The Morgan fingerprint density at radius 2 is 1.96 bits per heavy atom. The summed E-state index contributed by atoms with van der Waals surface area (Å²) in [4.78, 5) is 27.9. The van der Waals surface area contributed by atoms with E-state index in [1.54, 1.807) is 4.57 Å². The predicted octanol–water partition coefficient (Wildman–Crippen LogP) is 2.14. The molecule has 1 atom stereocenters. The zero-order valence-electron chi connectivity index (χ0n) is 16.2. The van der Waals surface area contributed by atoms with E-state index in [9.17, 15) is 9.59 Å². The van der Waals surface area contributed by atoms with E-state index < -0.39 is 0 Å². The minimum atomic E-state index is -0.230. The highest BCUT2D eigenvalue weighted by atomic mass is 35.5. The van der Waals surface area contributed by atoms with Crippen molar-refractivity contribution < 1.29 is 4.79 Å². The SMILES string of the molecule is Cc1ccn(C2CCNCC2)c(=O)c1C(=O)NCCC1CCCN1C.Cl.Cl. The lowest BCUT2D eigenvalue weighted by Gasteiger charge is -2.25. The van der Waals surface area contributed by atoms with Crippen LogP contribution in [-0.2, 0) is 0 Å². The zero-order chi connectivity index (χ0) is 17.8. The van der Waals surface area contributed by atoms with E-state index >= 15 is 0 Å². The molecule has 0 radical (unpaired) electrons. The van der Waals surface area contributed by atoms with Gasteiger partial charge in [-0.15, -0.1) is 24.8 Å². The molecule has 154 valence electrons. The van der Waals surface area contributed by atoms with E-state index in [-0.39, 0.29) is 42.3 Å². The Morgan fingerprint density at radius 1 is 1.26 bits per heavy atom. The first-order valence-electron chi connectivity index (χ1n) is 9.49. The summed E-state index contributed by atoms with van der Waals surface area (Å²) in [6, 6.07) is 2.62. The number of rotatable bonds is 5. The summed E-state index contributed by atoms with van der Waals surface area (Å²) in [6.07, 6.45) is 7.07. The Balaban J connectivity index is 0.00000182. The first kappa shape index (κ1) is 24.0. The molecule has 2 saturated heterocycles. The van der Waals surface area contributed by atoms with Crippen LogP contribution in [0.3, 0.4) is 0 Å². The van der Waals surface area contributed by atoms with E-state index in [1.807, 2.05) is 19.2 Å². The first-order valence-corrected chi connectivity index (χ1v) is 9.49. The molecule has 3 rings (SSSR count). The van der Waals surface area contributed by atoms with Gasteiger partial charge in [-0.25, -0.2) is 0 Å². The summed E-state index contributed by atoms with van der Waals surface area (Å²) in [6.45, 7) is 5.43. The summed E-state index contributed by atoms with van der Waals surface area (Å²) in [7, 11) is 2.14. The lowest BCUT2D eigenvalue weighted by atomic mass is 10.0. The fraction of sp³-hybridized carbons (Fsp3) is 0.684. The second-order valence-corrected chi connectivity index (χ2v) is 7.39. The molecule has 27 heavy (non-hydrogen) atoms. The van der Waals surface area contributed by atoms with Gasteiger partial charge in [0, 0.05) is 24.8 Å². The Hall–Kier alpha value is -1.08. The van der Waals surface area contributed by atoms with Gasteiger partial charge in [0.15, 0.2) is 0 Å². The van der Waals surface area contributed by atoms with Crippen molar-refractivity contribution in [1.29, 1.82) is 0 Å². The fourth-order valence-corrected chi connectivity index (χ4v) is 4.07. The number of aromatic nitrogens is 1. The molecule has 1 amide bonds. The maximum atomic E-state index is 12.9. The highest BCUT2D eigenvalue weighted by Crippen LogP contribution is 2.18. The molecule has 0 aliphatic carbocycles. The number of hydrogen-bond donors (Lipinski definition) is 2. The number of pyridine rings is 1. The number of carbonyl (C=O) groups excluding carboxylic acids is 1. The topological polar surface area (TPSA) is 66.4 Å². The second kappa shape index (κ2) is 11.1. The molecule has 2 N–H and O–H groups in total. The Kier molecular flexibility index (Phi) is 9.81. The van der Waals surface area contributed by atoms with Crippen LogP contribution in [0.4, 0.5) is 0 Å². The summed E-state index contributed by atoms with van der Waals surface area (Å²) in [5.74, 6) is -0.230. The normalized spacial score (nSPS) is 20.6. The second-order valence-electron chi connectivity index (χ2n) is 7.39. The van der Waals surface area contributed by atoms with Crippen molar-refractivity contribution in [3.63, 3.8) is 0 Å². The number of amides is 1. The summed E-state index contributed by atoms with van der Waals surface area (Å²) in [5.41, 5.74) is 0.911. The average molecular weight is 419 g/mol. The molecule has 1 unspecified atom stereocenters. The molecular formula is C19H32Cl2N4O2. The van der Waals surface area contributed by atoms with Crippen LogP contribution in [0.15, 0.2) is 17.1 Å². The number of nitrogens with zero attached hydrogens (tertiary/aromatic N) is 2. The molecule has 2 aliphatic rings. The minimum Gasteiger partial charge on any atom is -0.352 e. The van der Waals surface area contributed by atoms with Gasteiger partial charge < -0.3 is 20.1 Å². The van der Waals surface area contributed by atoms with Crippen molar-refractivity contribution in [3.05, 3.63) is 33.7 Å². The van der Waals surface area contributed by atoms with Crippen molar-refractivity contribution in [2.24, 2.45) is 0 Å². The maximum absolute atomic E-state index is 12.9. The van der Waals surface area contributed by atoms with E-state index in [0.29, 0.717) is 18.2 Å². The molecule has 0 spiro atoms. The van der Waals surface area contributed by atoms with Crippen LogP contribution >= 0.6 is 24.8 Å². The molecule has 8 heteroatoms. The third kappa shape index (κ3) is 5.70. The first-order chi connectivity index (χ1) is 12.1. The summed E-state index contributed by atoms with van der Waals surface area (Å²) in [5, 5.41) is 6.28. The zero-order valence-corrected chi connectivity index (χ0v) is 17.8. The fourth-order valence-electron chi connectivity index (χ4n) is 4.07. The smallest absolute Gasteiger partial charge is 0.263 e. The number of nitrogens with one attached hydrogen (secondary N) is 2. The van der Waals surface area contributed by atoms with Crippen molar-refractivity contribution in [2.45, 2.75) is 51.1 Å². The highest BCUT2D eigenvalue weighted by Gasteiger charge is 2.23. The van der Waals surface area contributed by atoms with Crippen LogP contribution in [0.1, 0.15) is 54.1 Å².